The third kappa shape index (κ3) is 2.54. The fourth-order valence-electron chi connectivity index (χ4n) is 1.46. The Bertz CT molecular complexity index is 314. The van der Waals surface area contributed by atoms with E-state index in [1.165, 1.54) is 11.1 Å². The van der Waals surface area contributed by atoms with Crippen molar-refractivity contribution in [3.63, 3.8) is 0 Å². The van der Waals surface area contributed by atoms with Gasteiger partial charge in [-0.05, 0) is 33.6 Å². The maximum atomic E-state index is 11.8. The van der Waals surface area contributed by atoms with Crippen LogP contribution in [0.1, 0.15) is 20.3 Å². The molecule has 2 atom stereocenters. The van der Waals surface area contributed by atoms with Crippen LogP contribution >= 0.6 is 7.14 Å². The van der Waals surface area contributed by atoms with Gasteiger partial charge in [0.2, 0.25) is 0 Å². The third-order valence-electron chi connectivity index (χ3n) is 2.57. The van der Waals surface area contributed by atoms with Gasteiger partial charge in [0.15, 0.2) is 0 Å². The van der Waals surface area contributed by atoms with Crippen LogP contribution in [-0.2, 0) is 15.4 Å². The summed E-state index contributed by atoms with van der Waals surface area (Å²) in [7, 11) is -3.11. The van der Waals surface area contributed by atoms with Crippen molar-refractivity contribution in [1.29, 1.82) is 0 Å². The molecule has 76 valence electrons. The summed E-state index contributed by atoms with van der Waals surface area (Å²) in [6, 6.07) is 0. The lowest BCUT2D eigenvalue weighted by atomic mass is 10.1. The van der Waals surface area contributed by atoms with E-state index < -0.39 is 17.9 Å². The highest BCUT2D eigenvalue weighted by Crippen LogP contribution is 2.49. The van der Waals surface area contributed by atoms with Gasteiger partial charge in [0, 0.05) is 16.6 Å². The number of rotatable bonds is 1. The van der Waals surface area contributed by atoms with E-state index in [0.29, 0.717) is 5.75 Å². The topological polar surface area (TPSA) is 34.1 Å². The normalized spacial score (nSPS) is 30.8. The molecule has 0 amide bonds. The highest BCUT2D eigenvalue weighted by molar-refractivity contribution is 7.95. The first-order valence-electron chi connectivity index (χ1n) is 4.39. The molecule has 0 aromatic rings. The Morgan fingerprint density at radius 2 is 1.85 bits per heavy atom. The Hall–Kier alpha value is 0.120. The van der Waals surface area contributed by atoms with Gasteiger partial charge < -0.3 is 4.57 Å². The van der Waals surface area contributed by atoms with E-state index in [1.54, 1.807) is 13.3 Å². The minimum absolute atomic E-state index is 0.101. The van der Waals surface area contributed by atoms with Crippen LogP contribution in [0.2, 0.25) is 0 Å². The summed E-state index contributed by atoms with van der Waals surface area (Å²) in [5, 5.41) is 0. The summed E-state index contributed by atoms with van der Waals surface area (Å²) >= 11 is 0. The zero-order valence-electron chi connectivity index (χ0n) is 8.66. The molecule has 0 saturated carbocycles. The van der Waals surface area contributed by atoms with Crippen molar-refractivity contribution >= 4 is 17.9 Å². The van der Waals surface area contributed by atoms with Gasteiger partial charge in [-0.3, -0.25) is 4.21 Å². The third-order valence-corrected chi connectivity index (χ3v) is 7.85. The van der Waals surface area contributed by atoms with Crippen LogP contribution in [0.4, 0.5) is 0 Å². The zero-order valence-corrected chi connectivity index (χ0v) is 10.4. The first-order valence-corrected chi connectivity index (χ1v) is 8.44. The fourth-order valence-corrected chi connectivity index (χ4v) is 5.97. The lowest BCUT2D eigenvalue weighted by Crippen LogP contribution is -2.23. The lowest BCUT2D eigenvalue weighted by molar-refractivity contribution is 0.578. The Balaban J connectivity index is 2.95. The van der Waals surface area contributed by atoms with Gasteiger partial charge in [-0.1, -0.05) is 11.1 Å². The van der Waals surface area contributed by atoms with E-state index >= 15 is 0 Å². The van der Waals surface area contributed by atoms with Crippen LogP contribution < -0.4 is 0 Å². The second kappa shape index (κ2) is 3.70. The van der Waals surface area contributed by atoms with Crippen molar-refractivity contribution in [1.82, 2.24) is 0 Å². The van der Waals surface area contributed by atoms with Gasteiger partial charge in [-0.2, -0.15) is 0 Å². The Morgan fingerprint density at radius 3 is 2.31 bits per heavy atom. The van der Waals surface area contributed by atoms with Crippen LogP contribution in [0.15, 0.2) is 11.1 Å². The molecule has 0 bridgehead atoms. The molecule has 0 radical (unpaired) electrons. The first kappa shape index (κ1) is 11.2. The minimum atomic E-state index is -2.20. The molecule has 0 spiro atoms. The van der Waals surface area contributed by atoms with Crippen molar-refractivity contribution in [3.8, 4) is 0 Å². The molecule has 0 saturated heterocycles. The molecule has 1 aliphatic heterocycles. The number of hydrogen-bond donors (Lipinski definition) is 0. The molecule has 2 unspecified atom stereocenters. The predicted octanol–water partition coefficient (Wildman–Crippen LogP) is 2.42. The summed E-state index contributed by atoms with van der Waals surface area (Å²) in [6.07, 6.45) is 0.753. The van der Waals surface area contributed by atoms with E-state index in [2.05, 4.69) is 0 Å². The second-order valence-corrected chi connectivity index (χ2v) is 9.64. The highest BCUT2D eigenvalue weighted by atomic mass is 32.2. The summed E-state index contributed by atoms with van der Waals surface area (Å²) in [5.74, 6) is 0.613. The Morgan fingerprint density at radius 1 is 1.31 bits per heavy atom. The Labute approximate surface area is 82.6 Å². The minimum Gasteiger partial charge on any atom is -0.323 e. The van der Waals surface area contributed by atoms with Gasteiger partial charge in [0.25, 0.3) is 0 Å². The SMILES string of the molecule is CC1=C(C)CS(=O)C(P(C)(C)=O)C1. The molecule has 0 aliphatic carbocycles. The van der Waals surface area contributed by atoms with E-state index in [0.717, 1.165) is 6.42 Å². The number of allylic oxidation sites excluding steroid dienone is 1. The number of hydrogen-bond acceptors (Lipinski definition) is 2. The molecule has 0 aromatic carbocycles. The molecule has 13 heavy (non-hydrogen) atoms. The van der Waals surface area contributed by atoms with Crippen molar-refractivity contribution in [2.45, 2.75) is 25.3 Å². The fraction of sp³-hybridized carbons (Fsp3) is 0.778. The molecule has 1 heterocycles. The van der Waals surface area contributed by atoms with Crippen molar-refractivity contribution in [3.05, 3.63) is 11.1 Å². The average molecular weight is 220 g/mol. The molecule has 1 aliphatic rings. The monoisotopic (exact) mass is 220 g/mol. The molecule has 0 fully saturated rings. The van der Waals surface area contributed by atoms with E-state index in [4.69, 9.17) is 0 Å². The van der Waals surface area contributed by atoms with E-state index in [-0.39, 0.29) is 4.99 Å². The quantitative estimate of drug-likeness (QED) is 0.502. The van der Waals surface area contributed by atoms with Gasteiger partial charge in [-0.15, -0.1) is 0 Å². The van der Waals surface area contributed by atoms with Gasteiger partial charge >= 0.3 is 0 Å². The average Bonchev–Trinajstić information content (AvgIpc) is 1.94. The lowest BCUT2D eigenvalue weighted by Gasteiger charge is -2.26. The molecule has 4 heteroatoms. The summed E-state index contributed by atoms with van der Waals surface area (Å²) < 4.78 is 23.5. The first-order chi connectivity index (χ1) is 5.82. The molecule has 2 nitrogen and oxygen atoms in total. The second-order valence-electron chi connectivity index (χ2n) is 4.18. The van der Waals surface area contributed by atoms with Crippen LogP contribution in [0.3, 0.4) is 0 Å². The maximum absolute atomic E-state index is 11.8. The van der Waals surface area contributed by atoms with Crippen molar-refractivity contribution < 1.29 is 8.77 Å². The Kier molecular flexibility index (Phi) is 3.19. The zero-order chi connectivity index (χ0) is 10.2. The predicted molar refractivity (Wildman–Crippen MR) is 59.2 cm³/mol. The maximum Gasteiger partial charge on any atom is 0.0971 e. The van der Waals surface area contributed by atoms with Crippen LogP contribution in [-0.4, -0.2) is 28.3 Å². The molecule has 0 N–H and O–H groups in total. The highest BCUT2D eigenvalue weighted by Gasteiger charge is 2.32. The molecular formula is C9H17O2PS. The van der Waals surface area contributed by atoms with Crippen LogP contribution in [0.5, 0.6) is 0 Å². The van der Waals surface area contributed by atoms with Crippen molar-refractivity contribution in [2.24, 2.45) is 0 Å². The van der Waals surface area contributed by atoms with E-state index in [1.807, 2.05) is 13.8 Å². The van der Waals surface area contributed by atoms with Crippen LogP contribution in [0, 0.1) is 0 Å². The molecule has 0 aromatic heterocycles. The molecular weight excluding hydrogens is 203 g/mol. The van der Waals surface area contributed by atoms with E-state index in [9.17, 15) is 8.77 Å². The van der Waals surface area contributed by atoms with Gasteiger partial charge in [0.1, 0.15) is 0 Å². The van der Waals surface area contributed by atoms with Crippen molar-refractivity contribution in [2.75, 3.05) is 19.1 Å². The van der Waals surface area contributed by atoms with Crippen LogP contribution in [0.25, 0.3) is 0 Å². The smallest absolute Gasteiger partial charge is 0.0971 e. The van der Waals surface area contributed by atoms with Gasteiger partial charge in [-0.25, -0.2) is 0 Å². The summed E-state index contributed by atoms with van der Waals surface area (Å²) in [5.41, 5.74) is 2.48. The van der Waals surface area contributed by atoms with Gasteiger partial charge in [0.05, 0.1) is 12.1 Å². The largest absolute Gasteiger partial charge is 0.323 e. The summed E-state index contributed by atoms with van der Waals surface area (Å²) in [4.78, 5) is -0.101. The standard InChI is InChI=1S/C9H17O2PS/c1-7-5-9(12(3,4)10)13(11)6-8(7)2/h9H,5-6H2,1-4H3. The summed E-state index contributed by atoms with van der Waals surface area (Å²) in [6.45, 7) is 7.54. The molecule has 1 rings (SSSR count).